The quantitative estimate of drug-likeness (QED) is 0.576. The van der Waals surface area contributed by atoms with E-state index in [2.05, 4.69) is 15.2 Å². The topological polar surface area (TPSA) is 97.6 Å². The third-order valence-corrected chi connectivity index (χ3v) is 5.83. The number of non-ortho nitro benzene ring substituents is 1. The first-order valence-corrected chi connectivity index (χ1v) is 9.58. The Morgan fingerprint density at radius 2 is 2.00 bits per heavy atom. The maximum Gasteiger partial charge on any atom is 0.416 e. The summed E-state index contributed by atoms with van der Waals surface area (Å²) in [6.45, 7) is 6.82. The lowest BCUT2D eigenvalue weighted by Gasteiger charge is -2.40. The number of halogens is 3. The number of ether oxygens (including phenoxy) is 1. The van der Waals surface area contributed by atoms with Gasteiger partial charge in [0.15, 0.2) is 5.01 Å². The number of carbonyl (C=O) groups is 1. The number of thiazole rings is 1. The number of fused-ring (bicyclic) bond motifs is 1. The number of nitro groups is 1. The second-order valence-electron chi connectivity index (χ2n) is 7.21. The fourth-order valence-corrected chi connectivity index (χ4v) is 4.01. The Labute approximate surface area is 167 Å². The number of aromatic nitrogens is 1. The van der Waals surface area contributed by atoms with Crippen LogP contribution >= 0.6 is 11.3 Å². The molecule has 0 spiro atoms. The summed E-state index contributed by atoms with van der Waals surface area (Å²) in [6.07, 6.45) is -4.76. The predicted molar refractivity (Wildman–Crippen MR) is 100 cm³/mol. The second kappa shape index (κ2) is 7.84. The Hall–Kier alpha value is -2.31. The molecule has 1 aliphatic heterocycles. The molecule has 1 N–H and O–H groups in total. The molecule has 0 unspecified atom stereocenters. The molecule has 1 aromatic carbocycles. The summed E-state index contributed by atoms with van der Waals surface area (Å²) < 4.78 is 44.3. The fourth-order valence-electron chi connectivity index (χ4n) is 3.06. The van der Waals surface area contributed by atoms with Crippen LogP contribution in [0.25, 0.3) is 10.2 Å². The van der Waals surface area contributed by atoms with Crippen LogP contribution in [0.2, 0.25) is 0 Å². The number of carbonyl (C=O) groups excluding carboxylic acids is 1. The highest BCUT2D eigenvalue weighted by molar-refractivity contribution is 7.20. The van der Waals surface area contributed by atoms with Crippen LogP contribution in [0, 0.1) is 10.1 Å². The van der Waals surface area contributed by atoms with E-state index in [0.717, 1.165) is 13.1 Å². The molecule has 29 heavy (non-hydrogen) atoms. The van der Waals surface area contributed by atoms with Gasteiger partial charge in [-0.15, -0.1) is 11.3 Å². The van der Waals surface area contributed by atoms with Crippen LogP contribution in [0.4, 0.5) is 18.9 Å². The van der Waals surface area contributed by atoms with Crippen LogP contribution in [0.1, 0.15) is 29.2 Å². The van der Waals surface area contributed by atoms with Crippen molar-refractivity contribution in [2.75, 3.05) is 32.8 Å². The zero-order valence-corrected chi connectivity index (χ0v) is 16.5. The number of rotatable bonds is 5. The van der Waals surface area contributed by atoms with Crippen molar-refractivity contribution in [3.05, 3.63) is 32.8 Å². The average Bonchev–Trinajstić information content (AvgIpc) is 3.09. The van der Waals surface area contributed by atoms with E-state index < -0.39 is 28.3 Å². The van der Waals surface area contributed by atoms with Gasteiger partial charge in [0.1, 0.15) is 4.70 Å². The van der Waals surface area contributed by atoms with Gasteiger partial charge in [0.25, 0.3) is 11.6 Å². The van der Waals surface area contributed by atoms with E-state index in [1.54, 1.807) is 0 Å². The molecule has 8 nitrogen and oxygen atoms in total. The van der Waals surface area contributed by atoms with Crippen molar-refractivity contribution in [2.24, 2.45) is 0 Å². The first kappa shape index (κ1) is 21.4. The first-order valence-electron chi connectivity index (χ1n) is 8.76. The normalized spacial score (nSPS) is 16.2. The van der Waals surface area contributed by atoms with Gasteiger partial charge in [-0.2, -0.15) is 13.2 Å². The molecular formula is C17H19F3N4O4S. The summed E-state index contributed by atoms with van der Waals surface area (Å²) in [6, 6.07) is 1.18. The van der Waals surface area contributed by atoms with Crippen molar-refractivity contribution in [3.63, 3.8) is 0 Å². The largest absolute Gasteiger partial charge is 0.416 e. The van der Waals surface area contributed by atoms with Crippen LogP contribution in [0.15, 0.2) is 12.1 Å². The first-order chi connectivity index (χ1) is 13.5. The van der Waals surface area contributed by atoms with Gasteiger partial charge < -0.3 is 10.1 Å². The number of hydrogen-bond acceptors (Lipinski definition) is 7. The molecule has 12 heteroatoms. The van der Waals surface area contributed by atoms with Gasteiger partial charge in [0.2, 0.25) is 0 Å². The number of nitro benzene ring substituents is 1. The van der Waals surface area contributed by atoms with Crippen molar-refractivity contribution in [1.82, 2.24) is 15.2 Å². The van der Waals surface area contributed by atoms with Crippen molar-refractivity contribution in [3.8, 4) is 0 Å². The maximum absolute atomic E-state index is 13.0. The minimum Gasteiger partial charge on any atom is -0.379 e. The fraction of sp³-hybridized carbons (Fsp3) is 0.529. The van der Waals surface area contributed by atoms with Gasteiger partial charge in [-0.25, -0.2) is 4.98 Å². The third-order valence-electron chi connectivity index (χ3n) is 4.74. The van der Waals surface area contributed by atoms with Crippen molar-refractivity contribution in [2.45, 2.75) is 25.6 Å². The summed E-state index contributed by atoms with van der Waals surface area (Å²) in [7, 11) is 0. The van der Waals surface area contributed by atoms with E-state index in [1.165, 1.54) is 0 Å². The number of hydrogen-bond donors (Lipinski definition) is 1. The standard InChI is InChI=1S/C17H19F3N4O4S/c1-16(2,23-3-5-28-6-4-23)9-21-14(25)15-22-11-7-10(17(18,19)20)8-12(24(26)27)13(11)29-15/h7-8H,3-6,9H2,1-2H3,(H,21,25). The van der Waals surface area contributed by atoms with Crippen LogP contribution in [-0.4, -0.2) is 59.1 Å². The lowest BCUT2D eigenvalue weighted by Crippen LogP contribution is -2.55. The van der Waals surface area contributed by atoms with E-state index in [4.69, 9.17) is 4.74 Å². The van der Waals surface area contributed by atoms with Gasteiger partial charge in [-0.1, -0.05) is 0 Å². The Morgan fingerprint density at radius 1 is 1.34 bits per heavy atom. The molecule has 158 valence electrons. The van der Waals surface area contributed by atoms with Gasteiger partial charge in [-0.3, -0.25) is 19.8 Å². The zero-order valence-electron chi connectivity index (χ0n) is 15.7. The number of amides is 1. The van der Waals surface area contributed by atoms with E-state index in [1.807, 2.05) is 13.8 Å². The minimum atomic E-state index is -4.76. The molecule has 0 aliphatic carbocycles. The summed E-state index contributed by atoms with van der Waals surface area (Å²) in [5.41, 5.74) is -2.50. The maximum atomic E-state index is 13.0. The highest BCUT2D eigenvalue weighted by Gasteiger charge is 2.35. The highest BCUT2D eigenvalue weighted by Crippen LogP contribution is 2.38. The van der Waals surface area contributed by atoms with Gasteiger partial charge in [-0.05, 0) is 19.9 Å². The summed E-state index contributed by atoms with van der Waals surface area (Å²) in [4.78, 5) is 28.9. The van der Waals surface area contributed by atoms with E-state index in [0.29, 0.717) is 36.7 Å². The number of benzene rings is 1. The molecule has 1 fully saturated rings. The van der Waals surface area contributed by atoms with Crippen molar-refractivity contribution >= 4 is 33.1 Å². The molecule has 0 radical (unpaired) electrons. The molecule has 1 aromatic heterocycles. The third kappa shape index (κ3) is 4.65. The van der Waals surface area contributed by atoms with Gasteiger partial charge >= 0.3 is 6.18 Å². The molecule has 0 bridgehead atoms. The average molecular weight is 432 g/mol. The molecule has 2 heterocycles. The Balaban J connectivity index is 1.83. The lowest BCUT2D eigenvalue weighted by molar-refractivity contribution is -0.383. The Kier molecular flexibility index (Phi) is 5.79. The number of nitrogens with zero attached hydrogens (tertiary/aromatic N) is 3. The Morgan fingerprint density at radius 3 is 2.59 bits per heavy atom. The van der Waals surface area contributed by atoms with Gasteiger partial charge in [0.05, 0.1) is 29.2 Å². The van der Waals surface area contributed by atoms with Crippen molar-refractivity contribution < 1.29 is 27.6 Å². The predicted octanol–water partition coefficient (Wildman–Crippen LogP) is 3.06. The van der Waals surface area contributed by atoms with Crippen LogP contribution in [-0.2, 0) is 10.9 Å². The number of alkyl halides is 3. The molecule has 1 amide bonds. The van der Waals surface area contributed by atoms with Crippen LogP contribution in [0.3, 0.4) is 0 Å². The second-order valence-corrected chi connectivity index (χ2v) is 8.21. The minimum absolute atomic E-state index is 0.0689. The van der Waals surface area contributed by atoms with Crippen LogP contribution in [0.5, 0.6) is 0 Å². The zero-order chi connectivity index (χ0) is 21.4. The smallest absolute Gasteiger partial charge is 0.379 e. The van der Waals surface area contributed by atoms with Crippen molar-refractivity contribution in [1.29, 1.82) is 0 Å². The van der Waals surface area contributed by atoms with E-state index >= 15 is 0 Å². The molecule has 0 saturated carbocycles. The summed E-state index contributed by atoms with van der Waals surface area (Å²) in [5.74, 6) is -0.588. The number of nitrogens with one attached hydrogen (secondary N) is 1. The molecule has 1 saturated heterocycles. The summed E-state index contributed by atoms with van der Waals surface area (Å²) >= 11 is 0.700. The lowest BCUT2D eigenvalue weighted by atomic mass is 10.0. The molecule has 0 atom stereocenters. The van der Waals surface area contributed by atoms with Gasteiger partial charge in [0, 0.05) is 31.2 Å². The van der Waals surface area contributed by atoms with Crippen LogP contribution < -0.4 is 5.32 Å². The molecular weight excluding hydrogens is 413 g/mol. The highest BCUT2D eigenvalue weighted by atomic mass is 32.1. The monoisotopic (exact) mass is 432 g/mol. The molecule has 2 aromatic rings. The molecule has 1 aliphatic rings. The van der Waals surface area contributed by atoms with E-state index in [9.17, 15) is 28.1 Å². The Bertz CT molecular complexity index is 939. The SMILES string of the molecule is CC(C)(CNC(=O)c1nc2cc(C(F)(F)F)cc([N+](=O)[O-])c2s1)N1CCOCC1. The van der Waals surface area contributed by atoms with E-state index in [-0.39, 0.29) is 27.3 Å². The molecule has 3 rings (SSSR count). The summed E-state index contributed by atoms with van der Waals surface area (Å²) in [5, 5.41) is 13.8. The number of morpholine rings is 1.